The number of nitrogens with zero attached hydrogens (tertiary/aromatic N) is 3. The van der Waals surface area contributed by atoms with Gasteiger partial charge in [-0.1, -0.05) is 13.0 Å². The summed E-state index contributed by atoms with van der Waals surface area (Å²) in [5, 5.41) is 13.3. The summed E-state index contributed by atoms with van der Waals surface area (Å²) in [4.78, 5) is 4.22. The first-order valence-corrected chi connectivity index (χ1v) is 4.95. The minimum absolute atomic E-state index is 0.0349. The summed E-state index contributed by atoms with van der Waals surface area (Å²) in [5.41, 5.74) is 1.73. The lowest BCUT2D eigenvalue weighted by Gasteiger charge is -2.03. The Morgan fingerprint density at radius 3 is 2.87 bits per heavy atom. The second-order valence-corrected chi connectivity index (χ2v) is 3.24. The Kier molecular flexibility index (Phi) is 2.78. The molecule has 4 heteroatoms. The van der Waals surface area contributed by atoms with Gasteiger partial charge in [0, 0.05) is 11.9 Å². The van der Waals surface area contributed by atoms with Gasteiger partial charge >= 0.3 is 0 Å². The van der Waals surface area contributed by atoms with Crippen LogP contribution in [0.5, 0.6) is 0 Å². The smallest absolute Gasteiger partial charge is 0.153 e. The van der Waals surface area contributed by atoms with E-state index in [-0.39, 0.29) is 6.61 Å². The van der Waals surface area contributed by atoms with Gasteiger partial charge in [-0.25, -0.2) is 9.67 Å². The number of aromatic nitrogens is 3. The van der Waals surface area contributed by atoms with Crippen LogP contribution in [0.1, 0.15) is 18.3 Å². The van der Waals surface area contributed by atoms with Gasteiger partial charge in [0.05, 0.1) is 12.3 Å². The van der Waals surface area contributed by atoms with Crippen molar-refractivity contribution in [1.82, 2.24) is 14.8 Å². The molecular weight excluding hydrogens is 190 g/mol. The third-order valence-electron chi connectivity index (χ3n) is 2.22. The second kappa shape index (κ2) is 4.23. The van der Waals surface area contributed by atoms with E-state index >= 15 is 0 Å². The first-order valence-electron chi connectivity index (χ1n) is 4.95. The third kappa shape index (κ3) is 1.89. The number of aliphatic hydroxyl groups is 1. The molecule has 2 heterocycles. The molecule has 0 atom stereocenters. The SMILES string of the molecule is CCc1cc(CO)nn1-c1ccccn1. The Balaban J connectivity index is 2.47. The lowest BCUT2D eigenvalue weighted by molar-refractivity contribution is 0.276. The highest BCUT2D eigenvalue weighted by Gasteiger charge is 2.07. The van der Waals surface area contributed by atoms with Gasteiger partial charge in [-0.3, -0.25) is 0 Å². The molecule has 0 fully saturated rings. The van der Waals surface area contributed by atoms with Crippen molar-refractivity contribution in [2.75, 3.05) is 0 Å². The summed E-state index contributed by atoms with van der Waals surface area (Å²) >= 11 is 0. The van der Waals surface area contributed by atoms with Crippen molar-refractivity contribution in [1.29, 1.82) is 0 Å². The van der Waals surface area contributed by atoms with Crippen LogP contribution in [0.4, 0.5) is 0 Å². The van der Waals surface area contributed by atoms with E-state index in [1.807, 2.05) is 24.3 Å². The highest BCUT2D eigenvalue weighted by molar-refractivity contribution is 5.25. The zero-order chi connectivity index (χ0) is 10.7. The summed E-state index contributed by atoms with van der Waals surface area (Å²) in [6.07, 6.45) is 2.60. The van der Waals surface area contributed by atoms with E-state index in [1.165, 1.54) is 0 Å². The quantitative estimate of drug-likeness (QED) is 0.818. The number of aryl methyl sites for hydroxylation is 1. The molecule has 0 spiro atoms. The van der Waals surface area contributed by atoms with Gasteiger partial charge in [0.1, 0.15) is 0 Å². The van der Waals surface area contributed by atoms with Crippen LogP contribution in [0, 0.1) is 0 Å². The fourth-order valence-electron chi connectivity index (χ4n) is 1.48. The van der Waals surface area contributed by atoms with Gasteiger partial charge in [-0.05, 0) is 24.6 Å². The molecule has 0 radical (unpaired) electrons. The van der Waals surface area contributed by atoms with E-state index in [0.717, 1.165) is 17.9 Å². The molecule has 2 aromatic rings. The molecule has 78 valence electrons. The van der Waals surface area contributed by atoms with Crippen molar-refractivity contribution in [3.05, 3.63) is 41.9 Å². The molecule has 4 nitrogen and oxygen atoms in total. The van der Waals surface area contributed by atoms with Crippen molar-refractivity contribution in [3.8, 4) is 5.82 Å². The van der Waals surface area contributed by atoms with Gasteiger partial charge in [0.15, 0.2) is 5.82 Å². The molecule has 0 aromatic carbocycles. The Labute approximate surface area is 88.2 Å². The van der Waals surface area contributed by atoms with Crippen LogP contribution in [-0.2, 0) is 13.0 Å². The molecular formula is C11H13N3O. The van der Waals surface area contributed by atoms with Crippen LogP contribution in [0.3, 0.4) is 0 Å². The maximum Gasteiger partial charge on any atom is 0.153 e. The molecule has 2 aromatic heterocycles. The van der Waals surface area contributed by atoms with E-state index in [0.29, 0.717) is 5.69 Å². The van der Waals surface area contributed by atoms with Crippen LogP contribution >= 0.6 is 0 Å². The number of rotatable bonds is 3. The molecule has 0 saturated carbocycles. The number of hydrogen-bond acceptors (Lipinski definition) is 3. The predicted octanol–water partition coefficient (Wildman–Crippen LogP) is 1.32. The monoisotopic (exact) mass is 203 g/mol. The number of pyridine rings is 1. The van der Waals surface area contributed by atoms with Gasteiger partial charge in [0.25, 0.3) is 0 Å². The van der Waals surface area contributed by atoms with E-state index in [9.17, 15) is 0 Å². The zero-order valence-corrected chi connectivity index (χ0v) is 8.59. The molecule has 0 bridgehead atoms. The van der Waals surface area contributed by atoms with Gasteiger partial charge < -0.3 is 5.11 Å². The Morgan fingerprint density at radius 1 is 1.40 bits per heavy atom. The van der Waals surface area contributed by atoms with Crippen molar-refractivity contribution in [2.45, 2.75) is 20.0 Å². The lowest BCUT2D eigenvalue weighted by Crippen LogP contribution is -2.03. The Hall–Kier alpha value is -1.68. The van der Waals surface area contributed by atoms with Crippen molar-refractivity contribution < 1.29 is 5.11 Å². The molecule has 0 unspecified atom stereocenters. The minimum atomic E-state index is -0.0349. The fraction of sp³-hybridized carbons (Fsp3) is 0.273. The van der Waals surface area contributed by atoms with Gasteiger partial charge in [-0.15, -0.1) is 0 Å². The van der Waals surface area contributed by atoms with E-state index in [2.05, 4.69) is 17.0 Å². The van der Waals surface area contributed by atoms with Gasteiger partial charge in [-0.2, -0.15) is 5.10 Å². The zero-order valence-electron chi connectivity index (χ0n) is 8.59. The molecule has 0 aliphatic heterocycles. The largest absolute Gasteiger partial charge is 0.390 e. The molecule has 0 aliphatic carbocycles. The molecule has 0 saturated heterocycles. The van der Waals surface area contributed by atoms with Crippen molar-refractivity contribution >= 4 is 0 Å². The van der Waals surface area contributed by atoms with Crippen molar-refractivity contribution in [3.63, 3.8) is 0 Å². The van der Waals surface area contributed by atoms with E-state index in [1.54, 1.807) is 10.9 Å². The molecule has 0 amide bonds. The fourth-order valence-corrected chi connectivity index (χ4v) is 1.48. The van der Waals surface area contributed by atoms with E-state index < -0.39 is 0 Å². The number of hydrogen-bond donors (Lipinski definition) is 1. The van der Waals surface area contributed by atoms with E-state index in [4.69, 9.17) is 5.11 Å². The summed E-state index contributed by atoms with van der Waals surface area (Å²) in [6, 6.07) is 7.58. The first-order chi connectivity index (χ1) is 7.35. The topological polar surface area (TPSA) is 50.9 Å². The lowest BCUT2D eigenvalue weighted by atomic mass is 10.3. The van der Waals surface area contributed by atoms with Crippen LogP contribution in [0.25, 0.3) is 5.82 Å². The van der Waals surface area contributed by atoms with Crippen LogP contribution in [0.15, 0.2) is 30.5 Å². The maximum absolute atomic E-state index is 9.02. The van der Waals surface area contributed by atoms with Gasteiger partial charge in [0.2, 0.25) is 0 Å². The predicted molar refractivity (Wildman–Crippen MR) is 56.7 cm³/mol. The highest BCUT2D eigenvalue weighted by Crippen LogP contribution is 2.10. The first kappa shape index (κ1) is 9.86. The second-order valence-electron chi connectivity index (χ2n) is 3.24. The average molecular weight is 203 g/mol. The maximum atomic E-state index is 9.02. The Morgan fingerprint density at radius 2 is 2.27 bits per heavy atom. The van der Waals surface area contributed by atoms with Crippen LogP contribution in [0.2, 0.25) is 0 Å². The minimum Gasteiger partial charge on any atom is -0.390 e. The normalized spacial score (nSPS) is 10.5. The summed E-state index contributed by atoms with van der Waals surface area (Å²) in [6.45, 7) is 2.02. The van der Waals surface area contributed by atoms with Crippen LogP contribution < -0.4 is 0 Å². The average Bonchev–Trinajstić information content (AvgIpc) is 2.73. The standard InChI is InChI=1S/C11H13N3O/c1-2-10-7-9(8-15)13-14(10)11-5-3-4-6-12-11/h3-7,15H,2,8H2,1H3. The van der Waals surface area contributed by atoms with Crippen LogP contribution in [-0.4, -0.2) is 19.9 Å². The molecule has 2 rings (SSSR count). The highest BCUT2D eigenvalue weighted by atomic mass is 16.3. The molecule has 0 aliphatic rings. The molecule has 1 N–H and O–H groups in total. The molecule has 15 heavy (non-hydrogen) atoms. The number of aliphatic hydroxyl groups excluding tert-OH is 1. The third-order valence-corrected chi connectivity index (χ3v) is 2.22. The summed E-state index contributed by atoms with van der Waals surface area (Å²) < 4.78 is 1.77. The van der Waals surface area contributed by atoms with Crippen molar-refractivity contribution in [2.24, 2.45) is 0 Å². The summed E-state index contributed by atoms with van der Waals surface area (Å²) in [5.74, 6) is 0.786. The Bertz CT molecular complexity index is 436. The summed E-state index contributed by atoms with van der Waals surface area (Å²) in [7, 11) is 0.